The molecule has 5 heterocycles. The summed E-state index contributed by atoms with van der Waals surface area (Å²) in [6.07, 6.45) is 8.84. The molecule has 1 saturated heterocycles. The molecule has 4 aromatic heterocycles. The first-order valence-corrected chi connectivity index (χ1v) is 10.5. The second-order valence-electron chi connectivity index (χ2n) is 7.66. The van der Waals surface area contributed by atoms with E-state index >= 15 is 0 Å². The molecule has 0 saturated carbocycles. The number of rotatable bonds is 5. The molecule has 32 heavy (non-hydrogen) atoms. The normalized spacial score (nSPS) is 14.5. The number of likely N-dealkylation sites (N-methyl/N-ethyl adjacent to an activating group) is 1. The Balaban J connectivity index is 1.42. The van der Waals surface area contributed by atoms with Crippen molar-refractivity contribution in [3.8, 4) is 34.2 Å². The molecular formula is C23H24N8O. The molecule has 1 aliphatic heterocycles. The molecule has 0 amide bonds. The molecule has 0 spiro atoms. The molecular weight excluding hydrogens is 404 g/mol. The Morgan fingerprint density at radius 1 is 0.906 bits per heavy atom. The largest absolute Gasteiger partial charge is 0.496 e. The van der Waals surface area contributed by atoms with E-state index in [0.29, 0.717) is 11.6 Å². The number of anilines is 1. The third-order valence-electron chi connectivity index (χ3n) is 5.56. The van der Waals surface area contributed by atoms with Gasteiger partial charge in [0.1, 0.15) is 11.6 Å². The molecule has 9 heteroatoms. The highest BCUT2D eigenvalue weighted by Gasteiger charge is 2.16. The Morgan fingerprint density at radius 2 is 1.75 bits per heavy atom. The molecule has 0 aromatic carbocycles. The SMILES string of the molecule is COc1ccncc1-c1nccc(-c2cnn(-c3cccc(N4CCN(C)CC4)n3)c2)n1. The van der Waals surface area contributed by atoms with Crippen LogP contribution in [0.3, 0.4) is 0 Å². The van der Waals surface area contributed by atoms with Crippen LogP contribution in [-0.4, -0.2) is 75.0 Å². The maximum absolute atomic E-state index is 5.42. The zero-order valence-corrected chi connectivity index (χ0v) is 18.1. The van der Waals surface area contributed by atoms with E-state index in [4.69, 9.17) is 14.7 Å². The summed E-state index contributed by atoms with van der Waals surface area (Å²) in [4.78, 5) is 22.8. The fraction of sp³-hybridized carbons (Fsp3) is 0.261. The summed E-state index contributed by atoms with van der Waals surface area (Å²) in [6.45, 7) is 4.02. The van der Waals surface area contributed by atoms with Crippen LogP contribution in [0.15, 0.2) is 61.3 Å². The number of aromatic nitrogens is 6. The highest BCUT2D eigenvalue weighted by atomic mass is 16.5. The third-order valence-corrected chi connectivity index (χ3v) is 5.56. The molecule has 0 bridgehead atoms. The van der Waals surface area contributed by atoms with Crippen LogP contribution in [0.5, 0.6) is 5.75 Å². The number of hydrogen-bond acceptors (Lipinski definition) is 8. The van der Waals surface area contributed by atoms with Gasteiger partial charge in [0, 0.05) is 56.5 Å². The van der Waals surface area contributed by atoms with E-state index in [2.05, 4.69) is 38.0 Å². The maximum Gasteiger partial charge on any atom is 0.165 e. The smallest absolute Gasteiger partial charge is 0.165 e. The quantitative estimate of drug-likeness (QED) is 0.480. The molecule has 0 N–H and O–H groups in total. The average molecular weight is 429 g/mol. The van der Waals surface area contributed by atoms with Gasteiger partial charge in [-0.2, -0.15) is 5.10 Å². The van der Waals surface area contributed by atoms with E-state index in [0.717, 1.165) is 54.6 Å². The zero-order valence-electron chi connectivity index (χ0n) is 18.1. The fourth-order valence-electron chi connectivity index (χ4n) is 3.71. The van der Waals surface area contributed by atoms with E-state index in [1.807, 2.05) is 24.4 Å². The fourth-order valence-corrected chi connectivity index (χ4v) is 3.71. The van der Waals surface area contributed by atoms with Gasteiger partial charge in [-0.1, -0.05) is 6.07 Å². The maximum atomic E-state index is 5.42. The van der Waals surface area contributed by atoms with E-state index in [9.17, 15) is 0 Å². The predicted octanol–water partition coefficient (Wildman–Crippen LogP) is 2.55. The number of piperazine rings is 1. The standard InChI is InChI=1S/C23H24N8O/c1-29-10-12-30(13-11-29)21-4-3-5-22(28-21)31-16-17(14-26-31)19-6-9-25-23(27-19)18-15-24-8-7-20(18)32-2/h3-9,14-16H,10-13H2,1-2H3. The average Bonchev–Trinajstić information content (AvgIpc) is 3.35. The first-order valence-electron chi connectivity index (χ1n) is 10.5. The molecule has 0 radical (unpaired) electrons. The molecule has 4 aromatic rings. The first-order chi connectivity index (χ1) is 15.7. The number of pyridine rings is 2. The monoisotopic (exact) mass is 428 g/mol. The number of methoxy groups -OCH3 is 1. The summed E-state index contributed by atoms with van der Waals surface area (Å²) in [7, 11) is 3.77. The van der Waals surface area contributed by atoms with Crippen molar-refractivity contribution in [1.29, 1.82) is 0 Å². The third kappa shape index (κ3) is 4.02. The van der Waals surface area contributed by atoms with Gasteiger partial charge in [0.25, 0.3) is 0 Å². The van der Waals surface area contributed by atoms with Gasteiger partial charge in [-0.15, -0.1) is 0 Å². The van der Waals surface area contributed by atoms with Crippen molar-refractivity contribution in [2.24, 2.45) is 0 Å². The van der Waals surface area contributed by atoms with Crippen LogP contribution in [0.25, 0.3) is 28.5 Å². The summed E-state index contributed by atoms with van der Waals surface area (Å²) in [5.41, 5.74) is 2.39. The van der Waals surface area contributed by atoms with Crippen molar-refractivity contribution in [3.63, 3.8) is 0 Å². The highest BCUT2D eigenvalue weighted by molar-refractivity contribution is 5.66. The van der Waals surface area contributed by atoms with Crippen LogP contribution >= 0.6 is 0 Å². The zero-order chi connectivity index (χ0) is 21.9. The summed E-state index contributed by atoms with van der Waals surface area (Å²) in [5, 5.41) is 4.53. The minimum atomic E-state index is 0.551. The van der Waals surface area contributed by atoms with Crippen LogP contribution in [0, 0.1) is 0 Å². The van der Waals surface area contributed by atoms with Crippen molar-refractivity contribution in [2.45, 2.75) is 0 Å². The van der Waals surface area contributed by atoms with Gasteiger partial charge in [0.2, 0.25) is 0 Å². The Kier molecular flexibility index (Phi) is 5.47. The van der Waals surface area contributed by atoms with E-state index in [1.165, 1.54) is 0 Å². The minimum absolute atomic E-state index is 0.551. The molecule has 162 valence electrons. The molecule has 1 fully saturated rings. The van der Waals surface area contributed by atoms with Crippen LogP contribution in [0.1, 0.15) is 0 Å². The van der Waals surface area contributed by atoms with Crippen molar-refractivity contribution in [3.05, 3.63) is 61.3 Å². The van der Waals surface area contributed by atoms with Gasteiger partial charge in [0.05, 0.1) is 24.6 Å². The van der Waals surface area contributed by atoms with Crippen LogP contribution < -0.4 is 9.64 Å². The summed E-state index contributed by atoms with van der Waals surface area (Å²) in [6, 6.07) is 9.69. The summed E-state index contributed by atoms with van der Waals surface area (Å²) >= 11 is 0. The second-order valence-corrected chi connectivity index (χ2v) is 7.66. The van der Waals surface area contributed by atoms with E-state index in [1.54, 1.807) is 42.6 Å². The first kappa shape index (κ1) is 20.1. The lowest BCUT2D eigenvalue weighted by Crippen LogP contribution is -2.44. The topological polar surface area (TPSA) is 85.1 Å². The molecule has 0 aliphatic carbocycles. The van der Waals surface area contributed by atoms with Crippen LogP contribution in [-0.2, 0) is 0 Å². The summed E-state index contributed by atoms with van der Waals surface area (Å²) < 4.78 is 7.20. The van der Waals surface area contributed by atoms with Crippen molar-refractivity contribution in [2.75, 3.05) is 45.2 Å². The van der Waals surface area contributed by atoms with E-state index in [-0.39, 0.29) is 0 Å². The van der Waals surface area contributed by atoms with Crippen LogP contribution in [0.4, 0.5) is 5.82 Å². The predicted molar refractivity (Wildman–Crippen MR) is 122 cm³/mol. The highest BCUT2D eigenvalue weighted by Crippen LogP contribution is 2.27. The number of hydrogen-bond donors (Lipinski definition) is 0. The van der Waals surface area contributed by atoms with E-state index < -0.39 is 0 Å². The lowest BCUT2D eigenvalue weighted by molar-refractivity contribution is 0.312. The van der Waals surface area contributed by atoms with Gasteiger partial charge >= 0.3 is 0 Å². The molecule has 0 atom stereocenters. The van der Waals surface area contributed by atoms with Gasteiger partial charge in [-0.05, 0) is 31.3 Å². The lowest BCUT2D eigenvalue weighted by atomic mass is 10.2. The lowest BCUT2D eigenvalue weighted by Gasteiger charge is -2.33. The minimum Gasteiger partial charge on any atom is -0.496 e. The summed E-state index contributed by atoms with van der Waals surface area (Å²) in [5.74, 6) is 2.98. The second kappa shape index (κ2) is 8.72. The van der Waals surface area contributed by atoms with Gasteiger partial charge in [-0.25, -0.2) is 19.6 Å². The van der Waals surface area contributed by atoms with Gasteiger partial charge < -0.3 is 14.5 Å². The molecule has 0 unspecified atom stereocenters. The Morgan fingerprint density at radius 3 is 2.59 bits per heavy atom. The number of ether oxygens (including phenoxy) is 1. The van der Waals surface area contributed by atoms with Gasteiger partial charge in [0.15, 0.2) is 11.6 Å². The van der Waals surface area contributed by atoms with Crippen LogP contribution in [0.2, 0.25) is 0 Å². The Bertz CT molecular complexity index is 1220. The Labute approximate surface area is 186 Å². The van der Waals surface area contributed by atoms with Crippen molar-refractivity contribution < 1.29 is 4.74 Å². The molecule has 5 rings (SSSR count). The molecule has 1 aliphatic rings. The van der Waals surface area contributed by atoms with Gasteiger partial charge in [-0.3, -0.25) is 4.98 Å². The van der Waals surface area contributed by atoms with Crippen molar-refractivity contribution in [1.82, 2.24) is 34.6 Å². The van der Waals surface area contributed by atoms with Crippen molar-refractivity contribution >= 4 is 5.82 Å². The number of nitrogens with zero attached hydrogens (tertiary/aromatic N) is 8. The Hall–Kier alpha value is -3.85. The molecule has 9 nitrogen and oxygen atoms in total.